The summed E-state index contributed by atoms with van der Waals surface area (Å²) in [5.41, 5.74) is -1.36. The summed E-state index contributed by atoms with van der Waals surface area (Å²) in [6, 6.07) is 5.73. The number of hydrogen-bond donors (Lipinski definition) is 3. The van der Waals surface area contributed by atoms with Gasteiger partial charge in [0.15, 0.2) is 0 Å². The molecule has 230 valence electrons. The molecule has 0 bridgehead atoms. The third-order valence-electron chi connectivity index (χ3n) is 4.91. The normalized spacial score (nSPS) is 13.1. The second-order valence-electron chi connectivity index (χ2n) is 12.5. The van der Waals surface area contributed by atoms with Gasteiger partial charge >= 0.3 is 24.2 Å². The molecule has 0 radical (unpaired) electrons. The van der Waals surface area contributed by atoms with Crippen LogP contribution in [0.3, 0.4) is 0 Å². The van der Waals surface area contributed by atoms with Gasteiger partial charge in [-0.3, -0.25) is 10.6 Å². The topological polar surface area (TPSA) is 154 Å². The highest BCUT2D eigenvalue weighted by molar-refractivity contribution is 6.02. The van der Waals surface area contributed by atoms with Gasteiger partial charge in [-0.15, -0.1) is 0 Å². The van der Waals surface area contributed by atoms with Crippen LogP contribution in [0.15, 0.2) is 29.3 Å². The first-order chi connectivity index (χ1) is 18.7. The molecule has 0 aliphatic carbocycles. The van der Waals surface area contributed by atoms with E-state index in [1.165, 1.54) is 0 Å². The van der Waals surface area contributed by atoms with Crippen molar-refractivity contribution in [2.24, 2.45) is 10.9 Å². The van der Waals surface area contributed by atoms with Crippen LogP contribution in [0.2, 0.25) is 0 Å². The van der Waals surface area contributed by atoms with E-state index in [2.05, 4.69) is 20.9 Å². The number of aliphatic imine (C=N–C) groups is 1. The summed E-state index contributed by atoms with van der Waals surface area (Å²) < 4.78 is 21.3. The highest BCUT2D eigenvalue weighted by Crippen LogP contribution is 2.17. The molecule has 1 rings (SSSR count). The molecule has 0 unspecified atom stereocenters. The fraction of sp³-hybridized carbons (Fsp3) is 0.621. The van der Waals surface area contributed by atoms with Crippen LogP contribution in [0, 0.1) is 5.92 Å². The molecule has 0 fully saturated rings. The smallest absolute Gasteiger partial charge is 0.414 e. The molecule has 0 aliphatic heterocycles. The van der Waals surface area contributed by atoms with Crippen molar-refractivity contribution in [3.63, 3.8) is 0 Å². The highest BCUT2D eigenvalue weighted by Gasteiger charge is 2.29. The summed E-state index contributed by atoms with van der Waals surface area (Å²) >= 11 is 0. The van der Waals surface area contributed by atoms with E-state index in [1.807, 2.05) is 13.8 Å². The Bertz CT molecular complexity index is 1070. The summed E-state index contributed by atoms with van der Waals surface area (Å²) in [5.74, 6) is -1.04. The third-order valence-corrected chi connectivity index (χ3v) is 4.91. The molecule has 3 N–H and O–H groups in total. The predicted molar refractivity (Wildman–Crippen MR) is 155 cm³/mol. The number of carbonyl (C=O) groups is 4. The number of benzene rings is 1. The molecule has 0 saturated carbocycles. The Morgan fingerprint density at radius 3 is 1.76 bits per heavy atom. The zero-order chi connectivity index (χ0) is 31.6. The minimum absolute atomic E-state index is 0.112. The molecule has 0 aromatic heterocycles. The van der Waals surface area contributed by atoms with E-state index >= 15 is 0 Å². The summed E-state index contributed by atoms with van der Waals surface area (Å²) in [5, 5.41) is 7.44. The van der Waals surface area contributed by atoms with E-state index < -0.39 is 47.1 Å². The van der Waals surface area contributed by atoms with Crippen LogP contribution in [-0.2, 0) is 30.3 Å². The molecular weight excluding hydrogens is 532 g/mol. The Hall–Kier alpha value is -3.83. The fourth-order valence-electron chi connectivity index (χ4n) is 3.08. The van der Waals surface area contributed by atoms with Crippen LogP contribution in [0.1, 0.15) is 88.1 Å². The van der Waals surface area contributed by atoms with Gasteiger partial charge in [0.05, 0.1) is 5.69 Å². The maximum absolute atomic E-state index is 12.9. The van der Waals surface area contributed by atoms with Gasteiger partial charge in [0.2, 0.25) is 5.96 Å². The summed E-state index contributed by atoms with van der Waals surface area (Å²) in [6.45, 7) is 19.0. The number of guanidine groups is 1. The van der Waals surface area contributed by atoms with E-state index in [0.29, 0.717) is 17.7 Å². The van der Waals surface area contributed by atoms with Crippen molar-refractivity contribution >= 4 is 35.9 Å². The molecule has 12 heteroatoms. The molecule has 2 atom stereocenters. The van der Waals surface area contributed by atoms with E-state index in [0.717, 1.165) is 0 Å². The van der Waals surface area contributed by atoms with Crippen molar-refractivity contribution in [1.82, 2.24) is 16.0 Å². The Morgan fingerprint density at radius 1 is 0.805 bits per heavy atom. The van der Waals surface area contributed by atoms with Crippen LogP contribution in [-0.4, -0.2) is 53.1 Å². The molecule has 0 saturated heterocycles. The van der Waals surface area contributed by atoms with Crippen molar-refractivity contribution < 1.29 is 38.1 Å². The van der Waals surface area contributed by atoms with E-state index in [4.69, 9.17) is 18.9 Å². The summed E-state index contributed by atoms with van der Waals surface area (Å²) in [7, 11) is 0. The predicted octanol–water partition coefficient (Wildman–Crippen LogP) is 5.71. The molecule has 0 aliphatic rings. The van der Waals surface area contributed by atoms with Gasteiger partial charge in [0.25, 0.3) is 0 Å². The molecule has 0 heterocycles. The van der Waals surface area contributed by atoms with E-state index in [9.17, 15) is 19.2 Å². The maximum atomic E-state index is 12.9. The highest BCUT2D eigenvalue weighted by atomic mass is 16.6. The lowest BCUT2D eigenvalue weighted by Crippen LogP contribution is -2.47. The summed E-state index contributed by atoms with van der Waals surface area (Å²) in [6.07, 6.45) is -1.74. The minimum atomic E-state index is -0.904. The Labute approximate surface area is 242 Å². The Morgan fingerprint density at radius 2 is 1.29 bits per heavy atom. The van der Waals surface area contributed by atoms with Crippen LogP contribution in [0.4, 0.5) is 20.1 Å². The fourth-order valence-corrected chi connectivity index (χ4v) is 3.08. The number of carbonyl (C=O) groups excluding carboxylic acids is 4. The number of amides is 3. The quantitative estimate of drug-likeness (QED) is 0.161. The van der Waals surface area contributed by atoms with Crippen molar-refractivity contribution in [1.29, 1.82) is 0 Å². The first-order valence-corrected chi connectivity index (χ1v) is 13.5. The van der Waals surface area contributed by atoms with Crippen LogP contribution in [0.5, 0.6) is 0 Å². The first kappa shape index (κ1) is 35.2. The number of nitrogens with zero attached hydrogens (tertiary/aromatic N) is 1. The zero-order valence-electron chi connectivity index (χ0n) is 26.1. The standard InChI is InChI=1S/C29H46N4O8/c1-12-18(2)21(31-24(35)39-27(3,4)5)22(34)38-17-19-14-13-15-20(16-19)30-23(32-25(36)40-28(6,7)8)33-26(37)41-29(9,10)11/h13-16,18,21H,12,17H2,1-11H3,(H,31,35)(H2,30,32,33,36,37)/t18-,21-/m0/s1. The van der Waals surface area contributed by atoms with Crippen molar-refractivity contribution in [3.05, 3.63) is 29.8 Å². The van der Waals surface area contributed by atoms with Crippen molar-refractivity contribution in [3.8, 4) is 0 Å². The van der Waals surface area contributed by atoms with Crippen LogP contribution >= 0.6 is 0 Å². The molecule has 3 amide bonds. The molecule has 41 heavy (non-hydrogen) atoms. The van der Waals surface area contributed by atoms with Gasteiger partial charge in [0, 0.05) is 0 Å². The Balaban J connectivity index is 3.09. The first-order valence-electron chi connectivity index (χ1n) is 13.5. The summed E-state index contributed by atoms with van der Waals surface area (Å²) in [4.78, 5) is 54.2. The van der Waals surface area contributed by atoms with Gasteiger partial charge in [-0.2, -0.15) is 0 Å². The number of hydrogen-bond acceptors (Lipinski definition) is 9. The average Bonchev–Trinajstić information content (AvgIpc) is 2.77. The maximum Gasteiger partial charge on any atom is 0.414 e. The SMILES string of the molecule is CC[C@H](C)[C@H](NC(=O)OC(C)(C)C)C(=O)OCc1cccc(N=C(NC(=O)OC(C)(C)C)NC(=O)OC(C)(C)C)c1. The monoisotopic (exact) mass is 578 g/mol. The Kier molecular flexibility index (Phi) is 12.6. The van der Waals surface area contributed by atoms with Crippen molar-refractivity contribution in [2.75, 3.05) is 0 Å². The number of rotatable bonds is 7. The van der Waals surface area contributed by atoms with Gasteiger partial charge in [0.1, 0.15) is 29.5 Å². The van der Waals surface area contributed by atoms with Crippen LogP contribution in [0.25, 0.3) is 0 Å². The lowest BCUT2D eigenvalue weighted by atomic mass is 9.99. The average molecular weight is 579 g/mol. The second kappa shape index (κ2) is 14.7. The molecule has 1 aromatic rings. The molecular formula is C29H46N4O8. The van der Waals surface area contributed by atoms with Gasteiger partial charge in [-0.25, -0.2) is 24.2 Å². The van der Waals surface area contributed by atoms with Gasteiger partial charge < -0.3 is 24.3 Å². The lowest BCUT2D eigenvalue weighted by molar-refractivity contribution is -0.149. The molecule has 0 spiro atoms. The van der Waals surface area contributed by atoms with Gasteiger partial charge in [-0.1, -0.05) is 32.4 Å². The number of nitrogens with one attached hydrogen (secondary N) is 3. The van der Waals surface area contributed by atoms with E-state index in [-0.39, 0.29) is 18.5 Å². The minimum Gasteiger partial charge on any atom is -0.459 e. The number of esters is 1. The zero-order valence-corrected chi connectivity index (χ0v) is 26.1. The third kappa shape index (κ3) is 15.5. The number of alkyl carbamates (subject to hydrolysis) is 3. The lowest BCUT2D eigenvalue weighted by Gasteiger charge is -2.25. The van der Waals surface area contributed by atoms with Crippen LogP contribution < -0.4 is 16.0 Å². The largest absolute Gasteiger partial charge is 0.459 e. The number of ether oxygens (including phenoxy) is 4. The van der Waals surface area contributed by atoms with Gasteiger partial charge in [-0.05, 0) is 85.9 Å². The van der Waals surface area contributed by atoms with Crippen molar-refractivity contribution in [2.45, 2.75) is 112 Å². The molecule has 12 nitrogen and oxygen atoms in total. The second-order valence-corrected chi connectivity index (χ2v) is 12.5. The van der Waals surface area contributed by atoms with E-state index in [1.54, 1.807) is 86.6 Å². The molecule has 1 aromatic carbocycles.